The minimum atomic E-state index is -0.00176. The summed E-state index contributed by atoms with van der Waals surface area (Å²) in [4.78, 5) is 17.9. The lowest BCUT2D eigenvalue weighted by atomic mass is 10.2. The fourth-order valence-electron chi connectivity index (χ4n) is 1.65. The lowest BCUT2D eigenvalue weighted by molar-refractivity contribution is 0.0752. The zero-order valence-electron chi connectivity index (χ0n) is 8.61. The molecule has 1 saturated carbocycles. The van der Waals surface area contributed by atoms with Crippen molar-refractivity contribution in [3.63, 3.8) is 0 Å². The molecule has 1 aromatic rings. The summed E-state index contributed by atoms with van der Waals surface area (Å²) >= 11 is 5.89. The van der Waals surface area contributed by atoms with E-state index in [4.69, 9.17) is 11.6 Å². The standard InChI is InChI=1S/C11H13ClN2O/c1-2-14(8-5-6-8)11(15)9-4-3-7-13-10(9)12/h3-4,7-8H,2,5-6H2,1H3. The van der Waals surface area contributed by atoms with E-state index in [0.29, 0.717) is 16.8 Å². The van der Waals surface area contributed by atoms with Crippen molar-refractivity contribution in [1.29, 1.82) is 0 Å². The fourth-order valence-corrected chi connectivity index (χ4v) is 1.85. The number of rotatable bonds is 3. The van der Waals surface area contributed by atoms with E-state index in [2.05, 4.69) is 4.98 Å². The largest absolute Gasteiger partial charge is 0.336 e. The zero-order valence-corrected chi connectivity index (χ0v) is 9.37. The second-order valence-corrected chi connectivity index (χ2v) is 4.02. The molecule has 80 valence electrons. The van der Waals surface area contributed by atoms with Crippen LogP contribution in [0.2, 0.25) is 5.15 Å². The zero-order chi connectivity index (χ0) is 10.8. The number of aromatic nitrogens is 1. The van der Waals surface area contributed by atoms with Gasteiger partial charge in [-0.15, -0.1) is 0 Å². The number of amides is 1. The first-order chi connectivity index (χ1) is 7.24. The van der Waals surface area contributed by atoms with Crippen LogP contribution in [0, 0.1) is 0 Å². The molecule has 0 saturated heterocycles. The molecule has 1 heterocycles. The lowest BCUT2D eigenvalue weighted by Gasteiger charge is -2.20. The highest BCUT2D eigenvalue weighted by molar-refractivity contribution is 6.32. The molecule has 0 unspecified atom stereocenters. The number of hydrogen-bond acceptors (Lipinski definition) is 2. The summed E-state index contributed by atoms with van der Waals surface area (Å²) in [5, 5.41) is 0.293. The predicted octanol–water partition coefficient (Wildman–Crippen LogP) is 2.36. The van der Waals surface area contributed by atoms with E-state index >= 15 is 0 Å². The minimum Gasteiger partial charge on any atom is -0.336 e. The highest BCUT2D eigenvalue weighted by Crippen LogP contribution is 2.28. The Morgan fingerprint density at radius 2 is 2.40 bits per heavy atom. The van der Waals surface area contributed by atoms with E-state index in [0.717, 1.165) is 19.4 Å². The van der Waals surface area contributed by atoms with Crippen LogP contribution in [0.4, 0.5) is 0 Å². The van der Waals surface area contributed by atoms with Crippen molar-refractivity contribution in [3.05, 3.63) is 29.0 Å². The Labute approximate surface area is 94.1 Å². The molecule has 0 atom stereocenters. The summed E-state index contributed by atoms with van der Waals surface area (Å²) in [6.07, 6.45) is 3.81. The van der Waals surface area contributed by atoms with Gasteiger partial charge in [-0.05, 0) is 31.9 Å². The van der Waals surface area contributed by atoms with Crippen molar-refractivity contribution in [1.82, 2.24) is 9.88 Å². The Balaban J connectivity index is 2.22. The molecule has 1 aromatic heterocycles. The highest BCUT2D eigenvalue weighted by atomic mass is 35.5. The molecular formula is C11H13ClN2O. The number of carbonyl (C=O) groups excluding carboxylic acids is 1. The number of nitrogens with zero attached hydrogens (tertiary/aromatic N) is 2. The van der Waals surface area contributed by atoms with Crippen LogP contribution in [-0.2, 0) is 0 Å². The number of halogens is 1. The van der Waals surface area contributed by atoms with Crippen LogP contribution in [0.15, 0.2) is 18.3 Å². The normalized spacial score (nSPS) is 15.1. The Hall–Kier alpha value is -1.09. The van der Waals surface area contributed by atoms with Crippen molar-refractivity contribution in [2.75, 3.05) is 6.54 Å². The van der Waals surface area contributed by atoms with Crippen LogP contribution in [0.25, 0.3) is 0 Å². The van der Waals surface area contributed by atoms with Crippen LogP contribution in [-0.4, -0.2) is 28.4 Å². The molecule has 0 bridgehead atoms. The Bertz CT molecular complexity index is 377. The van der Waals surface area contributed by atoms with Gasteiger partial charge in [0.1, 0.15) is 5.15 Å². The van der Waals surface area contributed by atoms with Crippen LogP contribution in [0.3, 0.4) is 0 Å². The molecule has 0 aliphatic heterocycles. The maximum atomic E-state index is 12.1. The van der Waals surface area contributed by atoms with E-state index < -0.39 is 0 Å². The highest BCUT2D eigenvalue weighted by Gasteiger charge is 2.32. The average Bonchev–Trinajstić information content (AvgIpc) is 3.03. The summed E-state index contributed by atoms with van der Waals surface area (Å²) in [6, 6.07) is 3.88. The van der Waals surface area contributed by atoms with Crippen molar-refractivity contribution in [2.45, 2.75) is 25.8 Å². The molecule has 1 fully saturated rings. The smallest absolute Gasteiger partial charge is 0.257 e. The first-order valence-electron chi connectivity index (χ1n) is 5.15. The first-order valence-corrected chi connectivity index (χ1v) is 5.53. The molecule has 0 radical (unpaired) electrons. The van der Waals surface area contributed by atoms with Gasteiger partial charge in [-0.3, -0.25) is 4.79 Å². The van der Waals surface area contributed by atoms with Gasteiger partial charge in [-0.2, -0.15) is 0 Å². The quantitative estimate of drug-likeness (QED) is 0.739. The van der Waals surface area contributed by atoms with Crippen molar-refractivity contribution in [2.24, 2.45) is 0 Å². The average molecular weight is 225 g/mol. The predicted molar refractivity (Wildman–Crippen MR) is 59.0 cm³/mol. The molecule has 3 nitrogen and oxygen atoms in total. The monoisotopic (exact) mass is 224 g/mol. The molecule has 1 aliphatic carbocycles. The second-order valence-electron chi connectivity index (χ2n) is 3.66. The van der Waals surface area contributed by atoms with Gasteiger partial charge in [0.25, 0.3) is 5.91 Å². The van der Waals surface area contributed by atoms with Gasteiger partial charge < -0.3 is 4.90 Å². The summed E-state index contributed by atoms with van der Waals surface area (Å²) in [7, 11) is 0. The number of pyridine rings is 1. The van der Waals surface area contributed by atoms with E-state index in [9.17, 15) is 4.79 Å². The van der Waals surface area contributed by atoms with Crippen LogP contribution in [0.5, 0.6) is 0 Å². The molecule has 0 N–H and O–H groups in total. The van der Waals surface area contributed by atoms with E-state index in [-0.39, 0.29) is 5.91 Å². The van der Waals surface area contributed by atoms with Gasteiger partial charge in [-0.1, -0.05) is 11.6 Å². The molecule has 1 amide bonds. The number of hydrogen-bond donors (Lipinski definition) is 0. The van der Waals surface area contributed by atoms with Gasteiger partial charge >= 0.3 is 0 Å². The SMILES string of the molecule is CCN(C(=O)c1cccnc1Cl)C1CC1. The summed E-state index contributed by atoms with van der Waals surface area (Å²) in [6.45, 7) is 2.72. The van der Waals surface area contributed by atoms with Gasteiger partial charge in [-0.25, -0.2) is 4.98 Å². The third-order valence-electron chi connectivity index (χ3n) is 2.58. The Morgan fingerprint density at radius 1 is 1.67 bits per heavy atom. The Kier molecular flexibility index (Phi) is 2.91. The van der Waals surface area contributed by atoms with Crippen LogP contribution < -0.4 is 0 Å². The van der Waals surface area contributed by atoms with Crippen LogP contribution in [0.1, 0.15) is 30.1 Å². The second kappa shape index (κ2) is 4.19. The third kappa shape index (κ3) is 2.12. The fraction of sp³-hybridized carbons (Fsp3) is 0.455. The van der Waals surface area contributed by atoms with E-state index in [1.807, 2.05) is 11.8 Å². The molecule has 4 heteroatoms. The Morgan fingerprint density at radius 3 is 2.93 bits per heavy atom. The summed E-state index contributed by atoms with van der Waals surface area (Å²) in [5.41, 5.74) is 0.507. The lowest BCUT2D eigenvalue weighted by Crippen LogP contribution is -2.33. The molecular weight excluding hydrogens is 212 g/mol. The molecule has 0 spiro atoms. The van der Waals surface area contributed by atoms with Crippen molar-refractivity contribution >= 4 is 17.5 Å². The number of carbonyl (C=O) groups is 1. The molecule has 15 heavy (non-hydrogen) atoms. The van der Waals surface area contributed by atoms with Crippen LogP contribution >= 0.6 is 11.6 Å². The van der Waals surface area contributed by atoms with Gasteiger partial charge in [0, 0.05) is 18.8 Å². The van der Waals surface area contributed by atoms with Gasteiger partial charge in [0.2, 0.25) is 0 Å². The van der Waals surface area contributed by atoms with E-state index in [1.165, 1.54) is 0 Å². The molecule has 0 aromatic carbocycles. The van der Waals surface area contributed by atoms with Crippen molar-refractivity contribution < 1.29 is 4.79 Å². The van der Waals surface area contributed by atoms with Crippen molar-refractivity contribution in [3.8, 4) is 0 Å². The third-order valence-corrected chi connectivity index (χ3v) is 2.88. The molecule has 1 aliphatic rings. The first kappa shape index (κ1) is 10.4. The minimum absolute atomic E-state index is 0.00176. The molecule has 2 rings (SSSR count). The maximum absolute atomic E-state index is 12.1. The van der Waals surface area contributed by atoms with E-state index in [1.54, 1.807) is 18.3 Å². The van der Waals surface area contributed by atoms with Gasteiger partial charge in [0.05, 0.1) is 5.56 Å². The summed E-state index contributed by atoms with van der Waals surface area (Å²) < 4.78 is 0. The topological polar surface area (TPSA) is 33.2 Å². The van der Waals surface area contributed by atoms with Gasteiger partial charge in [0.15, 0.2) is 0 Å². The summed E-state index contributed by atoms with van der Waals surface area (Å²) in [5.74, 6) is -0.00176. The maximum Gasteiger partial charge on any atom is 0.257 e.